The molecule has 8 N–H and O–H groups in total. The summed E-state index contributed by atoms with van der Waals surface area (Å²) in [6.07, 6.45) is -14.1. The molecule has 170 valence electrons. The Morgan fingerprint density at radius 2 is 1.55 bits per heavy atom. The number of ether oxygens (including phenoxy) is 3. The molecule has 0 spiro atoms. The van der Waals surface area contributed by atoms with Crippen molar-refractivity contribution in [3.05, 3.63) is 0 Å². The molecular formula is C14H25NO13S. The van der Waals surface area contributed by atoms with E-state index in [1.54, 1.807) is 0 Å². The number of aliphatic hydroxyl groups excluding tert-OH is 6. The van der Waals surface area contributed by atoms with Crippen molar-refractivity contribution in [3.8, 4) is 0 Å². The van der Waals surface area contributed by atoms with Crippen molar-refractivity contribution in [1.29, 1.82) is 0 Å². The molecule has 15 heteroatoms. The molecule has 0 radical (unpaired) electrons. The molecule has 1 amide bonds. The Kier molecular flexibility index (Phi) is 7.91. The van der Waals surface area contributed by atoms with Crippen molar-refractivity contribution in [3.63, 3.8) is 0 Å². The van der Waals surface area contributed by atoms with Gasteiger partial charge in [0.1, 0.15) is 47.9 Å². The second-order valence-corrected chi connectivity index (χ2v) is 8.33. The van der Waals surface area contributed by atoms with Gasteiger partial charge in [0, 0.05) is 6.92 Å². The van der Waals surface area contributed by atoms with Gasteiger partial charge in [-0.2, -0.15) is 8.42 Å². The van der Waals surface area contributed by atoms with Crippen molar-refractivity contribution in [2.45, 2.75) is 67.4 Å². The third-order valence-electron chi connectivity index (χ3n) is 4.70. The van der Waals surface area contributed by atoms with Crippen molar-refractivity contribution in [1.82, 2.24) is 5.32 Å². The Bertz CT molecular complexity index is 674. The van der Waals surface area contributed by atoms with Crippen molar-refractivity contribution in [2.24, 2.45) is 0 Å². The molecule has 10 atom stereocenters. The van der Waals surface area contributed by atoms with Crippen LogP contribution in [0.3, 0.4) is 0 Å². The zero-order valence-electron chi connectivity index (χ0n) is 15.2. The van der Waals surface area contributed by atoms with Gasteiger partial charge in [0.15, 0.2) is 12.6 Å². The fourth-order valence-corrected chi connectivity index (χ4v) is 4.32. The molecule has 2 aliphatic rings. The van der Waals surface area contributed by atoms with Crippen LogP contribution in [-0.2, 0) is 29.1 Å². The number of aliphatic hydroxyl groups is 6. The first kappa shape index (κ1) is 24.3. The molecule has 0 bridgehead atoms. The number of nitrogens with one attached hydrogen (secondary N) is 1. The standard InChI is InChI=1S/C14H25NO13S/c1-4(18)15-7-11(8(19)5(2-16)26-13(7)22)28-14-10(21)12(29(23,24)25)9(20)6(3-17)27-14/h5-14,16-17,19-22H,2-3H2,1H3,(H,15,18)(H,23,24,25)/t5-,6-,7-,8-,9+,10-,11-,12+,13-,14+/m1/s1. The number of hydrogen-bond donors (Lipinski definition) is 8. The quantitative estimate of drug-likeness (QED) is 0.178. The lowest BCUT2D eigenvalue weighted by Crippen LogP contribution is -2.68. The molecule has 0 unspecified atom stereocenters. The van der Waals surface area contributed by atoms with E-state index in [9.17, 15) is 48.4 Å². The zero-order chi connectivity index (χ0) is 22.1. The average molecular weight is 447 g/mol. The molecule has 2 heterocycles. The van der Waals surface area contributed by atoms with Gasteiger partial charge in [-0.3, -0.25) is 9.35 Å². The number of rotatable bonds is 6. The Labute approximate surface area is 165 Å². The minimum absolute atomic E-state index is 0.662. The summed E-state index contributed by atoms with van der Waals surface area (Å²) in [7, 11) is -5.03. The Hall–Kier alpha value is -0.980. The fraction of sp³-hybridized carbons (Fsp3) is 0.929. The van der Waals surface area contributed by atoms with Crippen LogP contribution in [0.1, 0.15) is 6.92 Å². The highest BCUT2D eigenvalue weighted by Crippen LogP contribution is 2.30. The van der Waals surface area contributed by atoms with E-state index in [-0.39, 0.29) is 0 Å². The van der Waals surface area contributed by atoms with Gasteiger partial charge in [-0.15, -0.1) is 0 Å². The lowest BCUT2D eigenvalue weighted by Gasteiger charge is -2.46. The van der Waals surface area contributed by atoms with E-state index < -0.39 is 89.7 Å². The van der Waals surface area contributed by atoms with Crippen LogP contribution >= 0.6 is 0 Å². The second kappa shape index (κ2) is 9.44. The van der Waals surface area contributed by atoms with E-state index in [1.165, 1.54) is 0 Å². The maximum atomic E-state index is 11.6. The summed E-state index contributed by atoms with van der Waals surface area (Å²) < 4.78 is 48.0. The summed E-state index contributed by atoms with van der Waals surface area (Å²) in [4.78, 5) is 11.4. The van der Waals surface area contributed by atoms with Crippen molar-refractivity contribution in [2.75, 3.05) is 13.2 Å². The van der Waals surface area contributed by atoms with E-state index in [0.29, 0.717) is 0 Å². The summed E-state index contributed by atoms with van der Waals surface area (Å²) >= 11 is 0. The van der Waals surface area contributed by atoms with Crippen LogP contribution < -0.4 is 5.32 Å². The van der Waals surface area contributed by atoms with Crippen LogP contribution in [0.4, 0.5) is 0 Å². The summed E-state index contributed by atoms with van der Waals surface area (Å²) in [5.41, 5.74) is 0. The smallest absolute Gasteiger partial charge is 0.273 e. The van der Waals surface area contributed by atoms with Gasteiger partial charge < -0.3 is 50.2 Å². The van der Waals surface area contributed by atoms with E-state index in [4.69, 9.17) is 14.2 Å². The molecule has 0 aliphatic carbocycles. The highest BCUT2D eigenvalue weighted by molar-refractivity contribution is 7.86. The lowest BCUT2D eigenvalue weighted by molar-refractivity contribution is -0.325. The van der Waals surface area contributed by atoms with Gasteiger partial charge in [-0.05, 0) is 0 Å². The Balaban J connectivity index is 2.33. The predicted octanol–water partition coefficient (Wildman–Crippen LogP) is -5.36. The maximum Gasteiger partial charge on any atom is 0.273 e. The molecule has 0 aromatic carbocycles. The number of amides is 1. The van der Waals surface area contributed by atoms with Crippen LogP contribution in [0.2, 0.25) is 0 Å². The van der Waals surface area contributed by atoms with Crippen LogP contribution in [0.25, 0.3) is 0 Å². The minimum Gasteiger partial charge on any atom is -0.394 e. The van der Waals surface area contributed by atoms with E-state index >= 15 is 0 Å². The first-order chi connectivity index (χ1) is 13.4. The summed E-state index contributed by atoms with van der Waals surface area (Å²) in [5, 5.41) is 59.3. The van der Waals surface area contributed by atoms with Crippen molar-refractivity contribution >= 4 is 16.0 Å². The fourth-order valence-electron chi connectivity index (χ4n) is 3.31. The van der Waals surface area contributed by atoms with Crippen LogP contribution in [0.5, 0.6) is 0 Å². The van der Waals surface area contributed by atoms with Crippen LogP contribution in [0.15, 0.2) is 0 Å². The molecule has 0 aromatic heterocycles. The topological polar surface area (TPSA) is 233 Å². The SMILES string of the molecule is CC(=O)N[C@@H]1[C@@H](O[C@@H]2O[C@H](CO)[C@H](O)[C@H](S(=O)(=O)O)[C@H]2O)[C@H](O)[C@@H](CO)O[C@H]1O. The molecular weight excluding hydrogens is 422 g/mol. The second-order valence-electron chi connectivity index (χ2n) is 6.75. The van der Waals surface area contributed by atoms with Crippen molar-refractivity contribution < 1.29 is 62.6 Å². The van der Waals surface area contributed by atoms with Crippen LogP contribution in [0, 0.1) is 0 Å². The van der Waals surface area contributed by atoms with Gasteiger partial charge in [-0.25, -0.2) is 0 Å². The number of carbonyl (C=O) groups is 1. The normalized spacial score (nSPS) is 43.7. The summed E-state index contributed by atoms with van der Waals surface area (Å²) in [6, 6.07) is -1.43. The first-order valence-electron chi connectivity index (χ1n) is 8.56. The molecule has 14 nitrogen and oxygen atoms in total. The van der Waals surface area contributed by atoms with Gasteiger partial charge in [0.2, 0.25) is 5.91 Å². The molecule has 0 saturated carbocycles. The molecule has 29 heavy (non-hydrogen) atoms. The predicted molar refractivity (Wildman–Crippen MR) is 89.5 cm³/mol. The number of carbonyl (C=O) groups excluding carboxylic acids is 1. The largest absolute Gasteiger partial charge is 0.394 e. The highest BCUT2D eigenvalue weighted by atomic mass is 32.2. The zero-order valence-corrected chi connectivity index (χ0v) is 16.0. The molecule has 2 fully saturated rings. The molecule has 2 aliphatic heterocycles. The van der Waals surface area contributed by atoms with Gasteiger partial charge >= 0.3 is 0 Å². The highest BCUT2D eigenvalue weighted by Gasteiger charge is 2.54. The maximum absolute atomic E-state index is 11.6. The minimum atomic E-state index is -5.03. The third kappa shape index (κ3) is 5.20. The monoisotopic (exact) mass is 447 g/mol. The Morgan fingerprint density at radius 1 is 1.00 bits per heavy atom. The molecule has 0 aromatic rings. The molecule has 2 saturated heterocycles. The van der Waals surface area contributed by atoms with Gasteiger partial charge in [-0.1, -0.05) is 0 Å². The lowest BCUT2D eigenvalue weighted by atomic mass is 9.96. The van der Waals surface area contributed by atoms with E-state index in [0.717, 1.165) is 6.92 Å². The van der Waals surface area contributed by atoms with Gasteiger partial charge in [0.05, 0.1) is 13.2 Å². The number of hydrogen-bond acceptors (Lipinski definition) is 12. The van der Waals surface area contributed by atoms with Crippen LogP contribution in [-0.4, -0.2) is 123 Å². The average Bonchev–Trinajstić information content (AvgIpc) is 2.61. The third-order valence-corrected chi connectivity index (χ3v) is 5.95. The van der Waals surface area contributed by atoms with Gasteiger partial charge in [0.25, 0.3) is 10.1 Å². The molecule has 2 rings (SSSR count). The van der Waals surface area contributed by atoms with E-state index in [2.05, 4.69) is 5.32 Å². The van der Waals surface area contributed by atoms with E-state index in [1.807, 2.05) is 0 Å². The summed E-state index contributed by atoms with van der Waals surface area (Å²) in [6.45, 7) is -0.579. The summed E-state index contributed by atoms with van der Waals surface area (Å²) in [5.74, 6) is -0.662. The first-order valence-corrected chi connectivity index (χ1v) is 10.1. The Morgan fingerprint density at radius 3 is 2.03 bits per heavy atom.